The molecule has 0 bridgehead atoms. The molecule has 1 fully saturated rings. The van der Waals surface area contributed by atoms with Crippen LogP contribution in [0.5, 0.6) is 5.75 Å². The van der Waals surface area contributed by atoms with Crippen molar-refractivity contribution in [2.75, 3.05) is 26.2 Å². The Hall–Kier alpha value is -1.85. The van der Waals surface area contributed by atoms with Crippen LogP contribution in [-0.4, -0.2) is 37.0 Å². The monoisotopic (exact) mass is 372 g/mol. The predicted octanol–water partition coefficient (Wildman–Crippen LogP) is 4.49. The Balaban J connectivity index is 1.56. The summed E-state index contributed by atoms with van der Waals surface area (Å²) in [6.07, 6.45) is 4.65. The average molecular weight is 373 g/mol. The van der Waals surface area contributed by atoms with Gasteiger partial charge in [0, 0.05) is 17.0 Å². The van der Waals surface area contributed by atoms with Gasteiger partial charge in [-0.3, -0.25) is 9.69 Å². The predicted molar refractivity (Wildman–Crippen MR) is 107 cm³/mol. The molecule has 1 N–H and O–H groups in total. The Bertz CT molecular complexity index is 664. The number of nitrogens with one attached hydrogen (secondary N) is 1. The molecular formula is C21H28N2O2S. The van der Waals surface area contributed by atoms with E-state index in [-0.39, 0.29) is 11.9 Å². The van der Waals surface area contributed by atoms with E-state index in [4.69, 9.17) is 4.74 Å². The van der Waals surface area contributed by atoms with Gasteiger partial charge in [0.1, 0.15) is 5.75 Å². The average Bonchev–Trinajstić information content (AvgIpc) is 3.37. The van der Waals surface area contributed by atoms with E-state index in [0.29, 0.717) is 12.1 Å². The highest BCUT2D eigenvalue weighted by Crippen LogP contribution is 2.28. The maximum absolute atomic E-state index is 12.5. The molecule has 0 unspecified atom stereocenters. The summed E-state index contributed by atoms with van der Waals surface area (Å²) in [5.74, 6) is 0.800. The van der Waals surface area contributed by atoms with Gasteiger partial charge in [-0.15, -0.1) is 11.3 Å². The van der Waals surface area contributed by atoms with Gasteiger partial charge < -0.3 is 10.1 Å². The number of carbonyl (C=O) groups excluding carboxylic acids is 1. The van der Waals surface area contributed by atoms with Crippen molar-refractivity contribution in [2.24, 2.45) is 0 Å². The highest BCUT2D eigenvalue weighted by Gasteiger charge is 2.24. The maximum Gasteiger partial charge on any atom is 0.251 e. The fraction of sp³-hybridized carbons (Fsp3) is 0.476. The van der Waals surface area contributed by atoms with E-state index >= 15 is 0 Å². The van der Waals surface area contributed by atoms with Gasteiger partial charge in [-0.05, 0) is 68.1 Å². The lowest BCUT2D eigenvalue weighted by Gasteiger charge is -2.26. The third-order valence-electron chi connectivity index (χ3n) is 4.79. The molecule has 0 radical (unpaired) electrons. The Kier molecular flexibility index (Phi) is 7.09. The van der Waals surface area contributed by atoms with E-state index in [1.165, 1.54) is 17.7 Å². The van der Waals surface area contributed by atoms with Crippen LogP contribution >= 0.6 is 11.3 Å². The van der Waals surface area contributed by atoms with Gasteiger partial charge in [0.05, 0.1) is 12.6 Å². The van der Waals surface area contributed by atoms with Gasteiger partial charge in [0.15, 0.2) is 0 Å². The third-order valence-corrected chi connectivity index (χ3v) is 5.77. The first kappa shape index (κ1) is 18.9. The number of rotatable bonds is 9. The summed E-state index contributed by atoms with van der Waals surface area (Å²) < 4.78 is 5.66. The van der Waals surface area contributed by atoms with Crippen molar-refractivity contribution in [3.05, 3.63) is 52.2 Å². The molecule has 3 rings (SSSR count). The Labute approximate surface area is 160 Å². The minimum absolute atomic E-state index is 0.0224. The molecule has 1 saturated heterocycles. The Morgan fingerprint density at radius 3 is 2.65 bits per heavy atom. The molecule has 0 aliphatic carbocycles. The molecule has 0 saturated carbocycles. The van der Waals surface area contributed by atoms with Crippen LogP contribution in [0.4, 0.5) is 0 Å². The summed E-state index contributed by atoms with van der Waals surface area (Å²) in [7, 11) is 0. The minimum Gasteiger partial charge on any atom is -0.494 e. The zero-order valence-corrected chi connectivity index (χ0v) is 16.3. The van der Waals surface area contributed by atoms with Crippen LogP contribution < -0.4 is 10.1 Å². The number of likely N-dealkylation sites (tertiary alicyclic amines) is 1. The first-order chi connectivity index (χ1) is 12.8. The number of unbranched alkanes of at least 4 members (excludes halogenated alkanes) is 1. The van der Waals surface area contributed by atoms with E-state index in [9.17, 15) is 4.79 Å². The zero-order valence-electron chi connectivity index (χ0n) is 15.4. The van der Waals surface area contributed by atoms with Crippen molar-refractivity contribution < 1.29 is 9.53 Å². The normalized spacial score (nSPS) is 15.7. The highest BCUT2D eigenvalue weighted by atomic mass is 32.1. The van der Waals surface area contributed by atoms with Crippen molar-refractivity contribution in [3.8, 4) is 5.75 Å². The van der Waals surface area contributed by atoms with E-state index in [0.717, 1.165) is 38.3 Å². The second-order valence-corrected chi connectivity index (χ2v) is 7.69. The maximum atomic E-state index is 12.5. The standard InChI is InChI=1S/C21H28N2O2S/c1-2-3-14-25-18-10-8-17(9-11-18)21(24)22-16-19(20-7-6-15-26-20)23-12-4-5-13-23/h6-11,15,19H,2-5,12-14,16H2,1H3,(H,22,24)/t19-/m0/s1. The van der Waals surface area contributed by atoms with Gasteiger partial charge in [0.2, 0.25) is 0 Å². The van der Waals surface area contributed by atoms with Crippen molar-refractivity contribution in [1.29, 1.82) is 0 Å². The summed E-state index contributed by atoms with van der Waals surface area (Å²) in [4.78, 5) is 16.3. The number of amides is 1. The quantitative estimate of drug-likeness (QED) is 0.659. The minimum atomic E-state index is -0.0224. The van der Waals surface area contributed by atoms with Crippen molar-refractivity contribution in [3.63, 3.8) is 0 Å². The van der Waals surface area contributed by atoms with Crippen LogP contribution in [0.2, 0.25) is 0 Å². The number of carbonyl (C=O) groups is 1. The Morgan fingerprint density at radius 2 is 2.00 bits per heavy atom. The second kappa shape index (κ2) is 9.74. The molecule has 1 aromatic carbocycles. The van der Waals surface area contributed by atoms with E-state index in [1.807, 2.05) is 24.3 Å². The summed E-state index contributed by atoms with van der Waals surface area (Å²) >= 11 is 1.77. The van der Waals surface area contributed by atoms with E-state index in [1.54, 1.807) is 11.3 Å². The lowest BCUT2D eigenvalue weighted by Crippen LogP contribution is -2.36. The molecule has 4 nitrogen and oxygen atoms in total. The van der Waals surface area contributed by atoms with Gasteiger partial charge in [-0.25, -0.2) is 0 Å². The molecule has 140 valence electrons. The second-order valence-electron chi connectivity index (χ2n) is 6.71. The molecule has 1 aromatic heterocycles. The largest absolute Gasteiger partial charge is 0.494 e. The first-order valence-electron chi connectivity index (χ1n) is 9.56. The van der Waals surface area contributed by atoms with Crippen LogP contribution in [0.15, 0.2) is 41.8 Å². The number of hydrogen-bond acceptors (Lipinski definition) is 4. The molecule has 2 heterocycles. The molecule has 5 heteroatoms. The molecule has 26 heavy (non-hydrogen) atoms. The lowest BCUT2D eigenvalue weighted by atomic mass is 10.1. The number of hydrogen-bond donors (Lipinski definition) is 1. The van der Waals surface area contributed by atoms with E-state index < -0.39 is 0 Å². The van der Waals surface area contributed by atoms with Crippen molar-refractivity contribution in [1.82, 2.24) is 10.2 Å². The summed E-state index contributed by atoms with van der Waals surface area (Å²) in [6, 6.07) is 12.0. The van der Waals surface area contributed by atoms with Gasteiger partial charge >= 0.3 is 0 Å². The van der Waals surface area contributed by atoms with Gasteiger partial charge in [0.25, 0.3) is 5.91 Å². The van der Waals surface area contributed by atoms with E-state index in [2.05, 4.69) is 34.7 Å². The number of nitrogens with zero attached hydrogens (tertiary/aromatic N) is 1. The first-order valence-corrected chi connectivity index (χ1v) is 10.4. The van der Waals surface area contributed by atoms with Crippen LogP contribution in [0, 0.1) is 0 Å². The fourth-order valence-corrected chi connectivity index (χ4v) is 4.13. The smallest absolute Gasteiger partial charge is 0.251 e. The van der Waals surface area contributed by atoms with Crippen LogP contribution in [0.25, 0.3) is 0 Å². The van der Waals surface area contributed by atoms with Gasteiger partial charge in [-0.1, -0.05) is 19.4 Å². The van der Waals surface area contributed by atoms with Crippen molar-refractivity contribution in [2.45, 2.75) is 38.6 Å². The number of benzene rings is 1. The molecule has 1 aliphatic heterocycles. The summed E-state index contributed by atoms with van der Waals surface area (Å²) in [5, 5.41) is 5.23. The fourth-order valence-electron chi connectivity index (χ4n) is 3.27. The number of ether oxygens (including phenoxy) is 1. The molecule has 2 aromatic rings. The third kappa shape index (κ3) is 5.08. The topological polar surface area (TPSA) is 41.6 Å². The highest BCUT2D eigenvalue weighted by molar-refractivity contribution is 7.10. The SMILES string of the molecule is CCCCOc1ccc(C(=O)NC[C@@H](c2cccs2)N2CCCC2)cc1. The molecule has 1 amide bonds. The summed E-state index contributed by atoms with van der Waals surface area (Å²) in [5.41, 5.74) is 0.680. The van der Waals surface area contributed by atoms with Crippen LogP contribution in [0.3, 0.4) is 0 Å². The molecular weight excluding hydrogens is 344 g/mol. The van der Waals surface area contributed by atoms with Gasteiger partial charge in [-0.2, -0.15) is 0 Å². The molecule has 1 atom stereocenters. The summed E-state index contributed by atoms with van der Waals surface area (Å²) in [6.45, 7) is 5.74. The van der Waals surface area contributed by atoms with Crippen LogP contribution in [-0.2, 0) is 0 Å². The molecule has 1 aliphatic rings. The number of thiophene rings is 1. The molecule has 0 spiro atoms. The van der Waals surface area contributed by atoms with Crippen LogP contribution in [0.1, 0.15) is 53.9 Å². The van der Waals surface area contributed by atoms with Crippen molar-refractivity contribution >= 4 is 17.2 Å². The zero-order chi connectivity index (χ0) is 18.2. The lowest BCUT2D eigenvalue weighted by molar-refractivity contribution is 0.0938. The Morgan fingerprint density at radius 1 is 1.23 bits per heavy atom.